The number of amides is 1. The minimum atomic E-state index is -4.54. The van der Waals surface area contributed by atoms with Gasteiger partial charge in [-0.2, -0.15) is 23.1 Å². The first-order valence-electron chi connectivity index (χ1n) is 9.01. The summed E-state index contributed by atoms with van der Waals surface area (Å²) in [7, 11) is 0. The van der Waals surface area contributed by atoms with Crippen LogP contribution < -0.4 is 14.8 Å². The third-order valence-corrected chi connectivity index (χ3v) is 4.33. The van der Waals surface area contributed by atoms with Crippen molar-refractivity contribution in [2.75, 3.05) is 0 Å². The van der Waals surface area contributed by atoms with Crippen LogP contribution in [0.5, 0.6) is 11.8 Å². The van der Waals surface area contributed by atoms with Crippen molar-refractivity contribution >= 4 is 6.09 Å². The van der Waals surface area contributed by atoms with Crippen LogP contribution in [0.15, 0.2) is 16.7 Å². The van der Waals surface area contributed by atoms with E-state index in [2.05, 4.69) is 20.4 Å². The number of pyridine rings is 1. The SMILES string of the molecule is Cc1nc(C(C)(C)NC(=O)Oc2ccc(C3CC3)c(OC(C)C(F)(F)F)n2)no1. The number of hydrogen-bond acceptors (Lipinski definition) is 7. The maximum Gasteiger partial charge on any atom is 0.425 e. The summed E-state index contributed by atoms with van der Waals surface area (Å²) in [6.45, 7) is 5.79. The van der Waals surface area contributed by atoms with Crippen LogP contribution in [0.2, 0.25) is 0 Å². The van der Waals surface area contributed by atoms with Gasteiger partial charge in [0.15, 0.2) is 11.9 Å². The summed E-state index contributed by atoms with van der Waals surface area (Å²) in [6, 6.07) is 2.99. The quantitative estimate of drug-likeness (QED) is 0.763. The van der Waals surface area contributed by atoms with E-state index in [4.69, 9.17) is 14.0 Å². The molecule has 29 heavy (non-hydrogen) atoms. The molecule has 1 N–H and O–H groups in total. The highest BCUT2D eigenvalue weighted by Crippen LogP contribution is 2.44. The maximum absolute atomic E-state index is 12.9. The van der Waals surface area contributed by atoms with Gasteiger partial charge in [-0.25, -0.2) is 4.79 Å². The van der Waals surface area contributed by atoms with Crippen molar-refractivity contribution in [3.63, 3.8) is 0 Å². The Morgan fingerprint density at radius 3 is 2.52 bits per heavy atom. The molecule has 2 heterocycles. The molecule has 0 saturated heterocycles. The average Bonchev–Trinajstić information content (AvgIpc) is 3.33. The monoisotopic (exact) mass is 414 g/mol. The molecule has 1 atom stereocenters. The summed E-state index contributed by atoms with van der Waals surface area (Å²) in [4.78, 5) is 20.3. The van der Waals surface area contributed by atoms with Gasteiger partial charge in [-0.05, 0) is 45.6 Å². The standard InChI is InChI=1S/C18H21F3N4O4/c1-9(18(19,20)21)27-14-12(11-5-6-11)7-8-13(23-14)28-16(26)24-17(3,4)15-22-10(2)29-25-15/h7-9,11H,5-6H2,1-4H3,(H,24,26). The number of carbonyl (C=O) groups excluding carboxylic acids is 1. The smallest absolute Gasteiger partial charge is 0.425 e. The van der Waals surface area contributed by atoms with E-state index in [0.29, 0.717) is 11.5 Å². The van der Waals surface area contributed by atoms with Gasteiger partial charge in [0, 0.05) is 18.6 Å². The number of rotatable bonds is 6. The van der Waals surface area contributed by atoms with Crippen LogP contribution in [0.4, 0.5) is 18.0 Å². The zero-order valence-corrected chi connectivity index (χ0v) is 16.3. The molecule has 0 aliphatic heterocycles. The van der Waals surface area contributed by atoms with Gasteiger partial charge in [-0.3, -0.25) is 0 Å². The number of aromatic nitrogens is 3. The molecular formula is C18H21F3N4O4. The first-order chi connectivity index (χ1) is 13.5. The Labute approximate surface area is 164 Å². The van der Waals surface area contributed by atoms with Gasteiger partial charge >= 0.3 is 12.3 Å². The Kier molecular flexibility index (Phi) is 5.42. The Morgan fingerprint density at radius 2 is 1.97 bits per heavy atom. The number of alkyl halides is 3. The van der Waals surface area contributed by atoms with Crippen LogP contribution in [-0.4, -0.2) is 33.5 Å². The van der Waals surface area contributed by atoms with E-state index in [1.54, 1.807) is 26.8 Å². The van der Waals surface area contributed by atoms with Gasteiger partial charge in [0.25, 0.3) is 0 Å². The highest BCUT2D eigenvalue weighted by Gasteiger charge is 2.40. The molecule has 0 bridgehead atoms. The number of halogens is 3. The molecule has 1 aliphatic carbocycles. The van der Waals surface area contributed by atoms with Gasteiger partial charge in [-0.1, -0.05) is 5.16 Å². The van der Waals surface area contributed by atoms with E-state index in [0.717, 1.165) is 19.8 Å². The van der Waals surface area contributed by atoms with Crippen LogP contribution in [-0.2, 0) is 5.54 Å². The molecule has 1 saturated carbocycles. The number of carbonyl (C=O) groups is 1. The normalized spacial score (nSPS) is 15.7. The molecule has 1 aliphatic rings. The highest BCUT2D eigenvalue weighted by molar-refractivity contribution is 5.71. The Hall–Kier alpha value is -2.85. The van der Waals surface area contributed by atoms with Crippen LogP contribution in [0.1, 0.15) is 56.8 Å². The minimum Gasteiger partial charge on any atom is -0.465 e. The molecule has 0 aromatic carbocycles. The summed E-state index contributed by atoms with van der Waals surface area (Å²) < 4.78 is 53.7. The van der Waals surface area contributed by atoms with Crippen molar-refractivity contribution < 1.29 is 32.0 Å². The topological polar surface area (TPSA) is 99.4 Å². The van der Waals surface area contributed by atoms with Crippen LogP contribution in [0, 0.1) is 6.92 Å². The highest BCUT2D eigenvalue weighted by atomic mass is 19.4. The second-order valence-corrected chi connectivity index (χ2v) is 7.40. The summed E-state index contributed by atoms with van der Waals surface area (Å²) in [5, 5.41) is 6.32. The van der Waals surface area contributed by atoms with E-state index >= 15 is 0 Å². The van der Waals surface area contributed by atoms with Gasteiger partial charge in [0.05, 0.1) is 0 Å². The fourth-order valence-electron chi connectivity index (χ4n) is 2.51. The second kappa shape index (κ2) is 7.53. The summed E-state index contributed by atoms with van der Waals surface area (Å²) in [5.41, 5.74) is -0.441. The number of ether oxygens (including phenoxy) is 2. The van der Waals surface area contributed by atoms with Gasteiger partial charge < -0.3 is 19.3 Å². The lowest BCUT2D eigenvalue weighted by atomic mass is 10.1. The van der Waals surface area contributed by atoms with Crippen molar-refractivity contribution in [2.24, 2.45) is 0 Å². The maximum atomic E-state index is 12.9. The van der Waals surface area contributed by atoms with E-state index < -0.39 is 23.9 Å². The first-order valence-corrected chi connectivity index (χ1v) is 9.01. The predicted octanol–water partition coefficient (Wildman–Crippen LogP) is 4.00. The summed E-state index contributed by atoms with van der Waals surface area (Å²) in [5.74, 6) is 0.307. The fraction of sp³-hybridized carbons (Fsp3) is 0.556. The van der Waals surface area contributed by atoms with Crippen LogP contribution >= 0.6 is 0 Å². The van der Waals surface area contributed by atoms with E-state index in [9.17, 15) is 18.0 Å². The third-order valence-electron chi connectivity index (χ3n) is 4.33. The number of aryl methyl sites for hydroxylation is 1. The molecule has 2 aromatic heterocycles. The molecule has 158 valence electrons. The fourth-order valence-corrected chi connectivity index (χ4v) is 2.51. The Bertz CT molecular complexity index is 893. The third kappa shape index (κ3) is 5.15. The molecule has 8 nitrogen and oxygen atoms in total. The zero-order valence-electron chi connectivity index (χ0n) is 16.3. The molecule has 0 spiro atoms. The first kappa shape index (κ1) is 20.9. The Balaban J connectivity index is 1.73. The van der Waals surface area contributed by atoms with Crippen LogP contribution in [0.25, 0.3) is 0 Å². The molecule has 1 amide bonds. The number of hydrogen-bond donors (Lipinski definition) is 1. The minimum absolute atomic E-state index is 0.0984. The number of nitrogens with one attached hydrogen (secondary N) is 1. The zero-order chi connectivity index (χ0) is 21.4. The Morgan fingerprint density at radius 1 is 1.28 bits per heavy atom. The molecule has 3 rings (SSSR count). The second-order valence-electron chi connectivity index (χ2n) is 7.40. The lowest BCUT2D eigenvalue weighted by Crippen LogP contribution is -2.43. The van der Waals surface area contributed by atoms with E-state index in [1.165, 1.54) is 6.07 Å². The largest absolute Gasteiger partial charge is 0.465 e. The van der Waals surface area contributed by atoms with Crippen molar-refractivity contribution in [2.45, 2.75) is 64.3 Å². The average molecular weight is 414 g/mol. The van der Waals surface area contributed by atoms with Gasteiger partial charge in [0.1, 0.15) is 5.54 Å². The van der Waals surface area contributed by atoms with Crippen LogP contribution in [0.3, 0.4) is 0 Å². The van der Waals surface area contributed by atoms with Crippen molar-refractivity contribution in [1.29, 1.82) is 0 Å². The number of nitrogens with zero attached hydrogens (tertiary/aromatic N) is 3. The molecule has 11 heteroatoms. The summed E-state index contributed by atoms with van der Waals surface area (Å²) in [6.07, 6.45) is -5.77. The lowest BCUT2D eigenvalue weighted by molar-refractivity contribution is -0.190. The molecule has 0 radical (unpaired) electrons. The lowest BCUT2D eigenvalue weighted by Gasteiger charge is -2.22. The molecular weight excluding hydrogens is 393 g/mol. The predicted molar refractivity (Wildman–Crippen MR) is 93.6 cm³/mol. The molecule has 1 unspecified atom stereocenters. The van der Waals surface area contributed by atoms with Crippen molar-refractivity contribution in [1.82, 2.24) is 20.4 Å². The molecule has 2 aromatic rings. The van der Waals surface area contributed by atoms with Crippen molar-refractivity contribution in [3.8, 4) is 11.8 Å². The van der Waals surface area contributed by atoms with Gasteiger partial charge in [0.2, 0.25) is 17.7 Å². The van der Waals surface area contributed by atoms with Gasteiger partial charge in [-0.15, -0.1) is 0 Å². The van der Waals surface area contributed by atoms with E-state index in [1.807, 2.05) is 0 Å². The molecule has 1 fully saturated rings. The van der Waals surface area contributed by atoms with Crippen molar-refractivity contribution in [3.05, 3.63) is 29.4 Å². The summed E-state index contributed by atoms with van der Waals surface area (Å²) >= 11 is 0. The van der Waals surface area contributed by atoms with E-state index in [-0.39, 0.29) is 23.5 Å².